The summed E-state index contributed by atoms with van der Waals surface area (Å²) in [5.41, 5.74) is 9.93. The number of hydrogen-bond donors (Lipinski definition) is 3. The van der Waals surface area contributed by atoms with E-state index in [0.717, 1.165) is 6.42 Å². The van der Waals surface area contributed by atoms with E-state index in [1.54, 1.807) is 0 Å². The molecule has 7 aliphatic rings. The molecule has 7 rings (SSSR count). The number of fused-ring (bicyclic) bond motifs is 1. The molecule has 0 aromatic heterocycles. The van der Waals surface area contributed by atoms with E-state index in [1.165, 1.54) is 82.9 Å². The van der Waals surface area contributed by atoms with Gasteiger partial charge < -0.3 is 5.73 Å². The summed E-state index contributed by atoms with van der Waals surface area (Å²) in [6, 6.07) is 1.08. The summed E-state index contributed by atoms with van der Waals surface area (Å²) in [5, 5.41) is 0. The van der Waals surface area contributed by atoms with Crippen molar-refractivity contribution in [1.82, 2.24) is 4.90 Å². The molecule has 180 valence electrons. The van der Waals surface area contributed by atoms with Crippen LogP contribution in [-0.4, -0.2) is 39.5 Å². The fourth-order valence-corrected chi connectivity index (χ4v) is 12.6. The molecule has 0 aromatic carbocycles. The topological polar surface area (TPSA) is 41.6 Å². The molecule has 32 heavy (non-hydrogen) atoms. The summed E-state index contributed by atoms with van der Waals surface area (Å²) >= 11 is 10.2. The molecule has 0 amide bonds. The van der Waals surface area contributed by atoms with Crippen LogP contribution < -0.4 is 5.73 Å². The second kappa shape index (κ2) is 6.73. The molecular weight excluding hydrogens is 430 g/mol. The highest BCUT2D eigenvalue weighted by atomic mass is 32.1. The Balaban J connectivity index is 1.57. The van der Waals surface area contributed by atoms with Crippen LogP contribution in [0, 0.1) is 27.6 Å². The van der Waals surface area contributed by atoms with Crippen LogP contribution in [0.1, 0.15) is 105 Å². The monoisotopic (exact) mass is 475 g/mol. The second-order valence-corrected chi connectivity index (χ2v) is 14.9. The zero-order chi connectivity index (χ0) is 22.8. The van der Waals surface area contributed by atoms with Crippen molar-refractivity contribution in [2.24, 2.45) is 37.7 Å². The van der Waals surface area contributed by atoms with Crippen LogP contribution in [0.4, 0.5) is 0 Å². The van der Waals surface area contributed by atoms with Crippen LogP contribution in [0.25, 0.3) is 0 Å². The highest BCUT2D eigenvalue weighted by Gasteiger charge is 2.83. The van der Waals surface area contributed by atoms with Crippen molar-refractivity contribution in [2.75, 3.05) is 6.54 Å². The van der Waals surface area contributed by atoms with Crippen LogP contribution in [0.3, 0.4) is 0 Å². The average molecular weight is 476 g/mol. The SMILES string of the molecule is CC12CC3(N)CC4CCC(=NS)C5CCCN5C4CC(S)(C1)C1(C)CCCCC3(C)C21C. The first-order valence-electron chi connectivity index (χ1n) is 13.5. The summed E-state index contributed by atoms with van der Waals surface area (Å²) in [6.45, 7) is 11.8. The van der Waals surface area contributed by atoms with Gasteiger partial charge in [0.05, 0.1) is 0 Å². The normalized spacial score (nSPS) is 61.0. The fourth-order valence-electron chi connectivity index (χ4n) is 11.5. The molecule has 0 aromatic rings. The van der Waals surface area contributed by atoms with Crippen LogP contribution in [0.5, 0.6) is 0 Å². The maximum atomic E-state index is 7.75. The molecule has 5 aliphatic carbocycles. The molecule has 5 heteroatoms. The lowest BCUT2D eigenvalue weighted by Gasteiger charge is -2.59. The minimum atomic E-state index is -0.0811. The molecule has 2 saturated heterocycles. The molecule has 5 saturated carbocycles. The Kier molecular flexibility index (Phi) is 4.78. The average Bonchev–Trinajstić information content (AvgIpc) is 3.22. The molecule has 9 atom stereocenters. The number of nitrogens with two attached hydrogens (primary N) is 1. The van der Waals surface area contributed by atoms with Gasteiger partial charge in [-0.2, -0.15) is 12.6 Å². The number of thiol groups is 2. The van der Waals surface area contributed by atoms with E-state index in [4.69, 9.17) is 18.4 Å². The molecule has 7 fully saturated rings. The van der Waals surface area contributed by atoms with Crippen molar-refractivity contribution in [3.8, 4) is 0 Å². The van der Waals surface area contributed by atoms with Crippen molar-refractivity contribution in [3.63, 3.8) is 0 Å². The first kappa shape index (κ1) is 22.7. The largest absolute Gasteiger partial charge is 0.325 e. The molecule has 3 nitrogen and oxygen atoms in total. The molecule has 2 N–H and O–H groups in total. The van der Waals surface area contributed by atoms with Gasteiger partial charge in [0.25, 0.3) is 0 Å². The van der Waals surface area contributed by atoms with Gasteiger partial charge in [-0.05, 0) is 111 Å². The van der Waals surface area contributed by atoms with E-state index in [2.05, 4.69) is 49.8 Å². The lowest BCUT2D eigenvalue weighted by Crippen LogP contribution is -2.60. The van der Waals surface area contributed by atoms with Gasteiger partial charge >= 0.3 is 0 Å². The summed E-state index contributed by atoms with van der Waals surface area (Å²) in [5.74, 6) is 0.644. The third-order valence-electron chi connectivity index (χ3n) is 13.3. The molecule has 0 spiro atoms. The van der Waals surface area contributed by atoms with Crippen LogP contribution in [-0.2, 0) is 0 Å². The van der Waals surface area contributed by atoms with Gasteiger partial charge in [-0.3, -0.25) is 4.90 Å². The maximum absolute atomic E-state index is 7.75. The van der Waals surface area contributed by atoms with E-state index >= 15 is 0 Å². The van der Waals surface area contributed by atoms with Crippen LogP contribution in [0.2, 0.25) is 0 Å². The summed E-state index contributed by atoms with van der Waals surface area (Å²) in [4.78, 5) is 2.86. The molecule has 2 aliphatic heterocycles. The van der Waals surface area contributed by atoms with E-state index < -0.39 is 0 Å². The van der Waals surface area contributed by atoms with Gasteiger partial charge in [-0.25, -0.2) is 4.40 Å². The van der Waals surface area contributed by atoms with E-state index in [0.29, 0.717) is 18.0 Å². The van der Waals surface area contributed by atoms with E-state index in [9.17, 15) is 0 Å². The molecule has 0 radical (unpaired) electrons. The molecular formula is C27H45N3S2. The third kappa shape index (κ3) is 2.34. The maximum Gasteiger partial charge on any atom is 0.0491 e. The number of nitrogens with zero attached hydrogens (tertiary/aromatic N) is 2. The van der Waals surface area contributed by atoms with Crippen LogP contribution >= 0.6 is 25.4 Å². The fraction of sp³-hybridized carbons (Fsp3) is 0.963. The Bertz CT molecular complexity index is 862. The highest BCUT2D eigenvalue weighted by molar-refractivity contribution is 7.81. The van der Waals surface area contributed by atoms with Crippen molar-refractivity contribution < 1.29 is 0 Å². The summed E-state index contributed by atoms with van der Waals surface area (Å²) in [7, 11) is 0. The van der Waals surface area contributed by atoms with Crippen molar-refractivity contribution >= 4 is 31.2 Å². The standard InChI is InChI=1S/C27H45N3S2/c1-22-16-26(28)14-18-9-10-19(29-32)20-8-7-13-30(20)21(18)15-27(31,17-22)24(3)12-6-5-11-23(26,2)25(22,24)4/h18,20-21,31-32H,5-17,28H2,1-4H3. The predicted octanol–water partition coefficient (Wildman–Crippen LogP) is 6.08. The second-order valence-electron chi connectivity index (χ2n) is 13.9. The number of hydrogen-bond acceptors (Lipinski definition) is 5. The van der Waals surface area contributed by atoms with Gasteiger partial charge in [0.2, 0.25) is 0 Å². The zero-order valence-corrected chi connectivity index (χ0v) is 22.6. The Hall–Kier alpha value is 0.290. The van der Waals surface area contributed by atoms with Gasteiger partial charge in [-0.15, -0.1) is 0 Å². The Labute approximate surface area is 207 Å². The van der Waals surface area contributed by atoms with E-state index in [-0.39, 0.29) is 31.9 Å². The zero-order valence-electron chi connectivity index (χ0n) is 20.8. The van der Waals surface area contributed by atoms with Gasteiger partial charge in [0, 0.05) is 28.1 Å². The van der Waals surface area contributed by atoms with Gasteiger partial charge in [0.15, 0.2) is 0 Å². The Morgan fingerprint density at radius 3 is 2.41 bits per heavy atom. The Morgan fingerprint density at radius 2 is 1.69 bits per heavy atom. The number of rotatable bonds is 0. The Morgan fingerprint density at radius 1 is 0.969 bits per heavy atom. The van der Waals surface area contributed by atoms with Gasteiger partial charge in [-0.1, -0.05) is 40.5 Å². The smallest absolute Gasteiger partial charge is 0.0491 e. The lowest BCUT2D eigenvalue weighted by atomic mass is 9.47. The summed E-state index contributed by atoms with van der Waals surface area (Å²) in [6.07, 6.45) is 15.0. The third-order valence-corrected chi connectivity index (χ3v) is 14.3. The quantitative estimate of drug-likeness (QED) is 0.372. The molecule has 6 bridgehead atoms. The minimum Gasteiger partial charge on any atom is -0.325 e. The van der Waals surface area contributed by atoms with E-state index in [1.807, 2.05) is 0 Å². The molecule has 9 unspecified atom stereocenters. The van der Waals surface area contributed by atoms with Gasteiger partial charge in [0.1, 0.15) is 0 Å². The van der Waals surface area contributed by atoms with Crippen molar-refractivity contribution in [1.29, 1.82) is 0 Å². The highest BCUT2D eigenvalue weighted by Crippen LogP contribution is 2.86. The lowest BCUT2D eigenvalue weighted by molar-refractivity contribution is -0.0815. The van der Waals surface area contributed by atoms with Crippen LogP contribution in [0.15, 0.2) is 4.40 Å². The first-order valence-corrected chi connectivity index (χ1v) is 14.3. The summed E-state index contributed by atoms with van der Waals surface area (Å²) < 4.78 is 4.60. The van der Waals surface area contributed by atoms with Crippen molar-refractivity contribution in [2.45, 2.75) is 127 Å². The first-order chi connectivity index (χ1) is 15.0. The predicted molar refractivity (Wildman–Crippen MR) is 141 cm³/mol. The molecule has 2 heterocycles. The van der Waals surface area contributed by atoms with Crippen molar-refractivity contribution in [3.05, 3.63) is 0 Å². The minimum absolute atomic E-state index is 0.0758.